The second-order valence-electron chi connectivity index (χ2n) is 4.41. The fourth-order valence-electron chi connectivity index (χ4n) is 1.93. The highest BCUT2D eigenvalue weighted by molar-refractivity contribution is 7.12. The minimum atomic E-state index is -0.664. The zero-order valence-electron chi connectivity index (χ0n) is 12.2. The Balaban J connectivity index is 2.08. The summed E-state index contributed by atoms with van der Waals surface area (Å²) in [6, 6.07) is 5.16. The zero-order valence-corrected chi connectivity index (χ0v) is 13.0. The van der Waals surface area contributed by atoms with Gasteiger partial charge in [0.1, 0.15) is 0 Å². The molecule has 0 saturated heterocycles. The molecule has 0 fully saturated rings. The predicted octanol–water partition coefficient (Wildman–Crippen LogP) is 2.13. The van der Waals surface area contributed by atoms with E-state index in [4.69, 9.17) is 4.74 Å². The van der Waals surface area contributed by atoms with Crippen LogP contribution in [0.25, 0.3) is 5.95 Å². The second-order valence-corrected chi connectivity index (χ2v) is 5.36. The summed E-state index contributed by atoms with van der Waals surface area (Å²) in [5.41, 5.74) is 0.0487. The summed E-state index contributed by atoms with van der Waals surface area (Å²) < 4.78 is 6.41. The molecule has 0 amide bonds. The Morgan fingerprint density at radius 2 is 2.22 bits per heavy atom. The van der Waals surface area contributed by atoms with Crippen molar-refractivity contribution in [2.45, 2.75) is 6.92 Å². The van der Waals surface area contributed by atoms with Crippen LogP contribution in [-0.2, 0) is 4.74 Å². The molecule has 7 nitrogen and oxygen atoms in total. The van der Waals surface area contributed by atoms with Crippen LogP contribution in [0.1, 0.15) is 32.6 Å². The Morgan fingerprint density at radius 3 is 2.87 bits per heavy atom. The largest absolute Gasteiger partial charge is 0.461 e. The lowest BCUT2D eigenvalue weighted by molar-refractivity contribution is 0.0516. The van der Waals surface area contributed by atoms with Gasteiger partial charge in [-0.3, -0.25) is 4.79 Å². The van der Waals surface area contributed by atoms with Crippen LogP contribution in [0.2, 0.25) is 0 Å². The molecule has 0 aromatic carbocycles. The molecule has 3 heterocycles. The number of hydrogen-bond acceptors (Lipinski definition) is 7. The van der Waals surface area contributed by atoms with Gasteiger partial charge in [0.05, 0.1) is 17.0 Å². The van der Waals surface area contributed by atoms with Gasteiger partial charge in [-0.15, -0.1) is 11.3 Å². The van der Waals surface area contributed by atoms with Gasteiger partial charge >= 0.3 is 5.97 Å². The summed E-state index contributed by atoms with van der Waals surface area (Å²) in [5.74, 6) is -0.779. The molecule has 3 rings (SSSR count). The number of aromatic nitrogens is 4. The molecule has 0 bridgehead atoms. The van der Waals surface area contributed by atoms with Crippen LogP contribution >= 0.6 is 11.3 Å². The molecule has 0 unspecified atom stereocenters. The average Bonchev–Trinajstić information content (AvgIpc) is 3.27. The molecule has 23 heavy (non-hydrogen) atoms. The first-order chi connectivity index (χ1) is 11.2. The van der Waals surface area contributed by atoms with Gasteiger partial charge in [-0.25, -0.2) is 19.4 Å². The van der Waals surface area contributed by atoms with Gasteiger partial charge < -0.3 is 4.74 Å². The second kappa shape index (κ2) is 6.49. The summed E-state index contributed by atoms with van der Waals surface area (Å²) in [6.07, 6.45) is 4.54. The van der Waals surface area contributed by atoms with E-state index in [2.05, 4.69) is 15.1 Å². The lowest BCUT2D eigenvalue weighted by Crippen LogP contribution is -2.17. The normalized spacial score (nSPS) is 10.5. The molecule has 0 saturated carbocycles. The highest BCUT2D eigenvalue weighted by atomic mass is 32.1. The van der Waals surface area contributed by atoms with Crippen molar-refractivity contribution in [3.8, 4) is 5.95 Å². The fourth-order valence-corrected chi connectivity index (χ4v) is 2.61. The molecular formula is C15H12N4O3S. The first kappa shape index (κ1) is 15.0. The van der Waals surface area contributed by atoms with Crippen LogP contribution in [-0.4, -0.2) is 38.1 Å². The van der Waals surface area contributed by atoms with Gasteiger partial charge in [0.25, 0.3) is 5.95 Å². The molecule has 0 aliphatic carbocycles. The molecular weight excluding hydrogens is 316 g/mol. The quantitative estimate of drug-likeness (QED) is 0.527. The third kappa shape index (κ3) is 3.02. The van der Waals surface area contributed by atoms with E-state index in [0.717, 1.165) is 0 Å². The first-order valence-electron chi connectivity index (χ1n) is 6.83. The first-order valence-corrected chi connectivity index (χ1v) is 7.71. The number of ether oxygens (including phenoxy) is 1. The van der Waals surface area contributed by atoms with E-state index < -0.39 is 5.97 Å². The van der Waals surface area contributed by atoms with Crippen molar-refractivity contribution < 1.29 is 14.3 Å². The van der Waals surface area contributed by atoms with Crippen LogP contribution in [0, 0.1) is 0 Å². The minimum Gasteiger partial charge on any atom is -0.461 e. The molecule has 0 aliphatic heterocycles. The highest BCUT2D eigenvalue weighted by Crippen LogP contribution is 2.18. The van der Waals surface area contributed by atoms with Gasteiger partial charge in [0.15, 0.2) is 5.69 Å². The number of hydrogen-bond donors (Lipinski definition) is 0. The summed E-state index contributed by atoms with van der Waals surface area (Å²) in [7, 11) is 0. The number of ketones is 1. The van der Waals surface area contributed by atoms with E-state index in [1.165, 1.54) is 22.2 Å². The van der Waals surface area contributed by atoms with Crippen molar-refractivity contribution in [3.05, 3.63) is 58.3 Å². The molecule has 0 aliphatic rings. The van der Waals surface area contributed by atoms with Crippen LogP contribution in [0.5, 0.6) is 0 Å². The van der Waals surface area contributed by atoms with Crippen molar-refractivity contribution in [2.24, 2.45) is 0 Å². The third-order valence-corrected chi connectivity index (χ3v) is 3.81. The van der Waals surface area contributed by atoms with Gasteiger partial charge in [-0.05, 0) is 24.4 Å². The maximum Gasteiger partial charge on any atom is 0.357 e. The van der Waals surface area contributed by atoms with Gasteiger partial charge in [-0.2, -0.15) is 5.10 Å². The highest BCUT2D eigenvalue weighted by Gasteiger charge is 2.23. The summed E-state index contributed by atoms with van der Waals surface area (Å²) >= 11 is 1.29. The SMILES string of the molecule is CCOC(=O)c1nc(-n2cccn2)ncc1C(=O)c1cccs1. The molecule has 0 radical (unpaired) electrons. The third-order valence-electron chi connectivity index (χ3n) is 2.94. The zero-order chi connectivity index (χ0) is 16.2. The standard InChI is InChI=1S/C15H12N4O3S/c1-2-22-14(21)12-10(13(20)11-5-3-8-23-11)9-16-15(18-12)19-7-4-6-17-19/h3-9H,2H2,1H3. The summed E-state index contributed by atoms with van der Waals surface area (Å²) in [4.78, 5) is 33.5. The predicted molar refractivity (Wildman–Crippen MR) is 82.9 cm³/mol. The van der Waals surface area contributed by atoms with Crippen molar-refractivity contribution in [1.82, 2.24) is 19.7 Å². The molecule has 0 atom stereocenters. The average molecular weight is 328 g/mol. The Morgan fingerprint density at radius 1 is 1.35 bits per heavy atom. The van der Waals surface area contributed by atoms with E-state index in [1.807, 2.05) is 0 Å². The van der Waals surface area contributed by atoms with Gasteiger partial charge in [0, 0.05) is 18.6 Å². The van der Waals surface area contributed by atoms with Crippen molar-refractivity contribution in [1.29, 1.82) is 0 Å². The lowest BCUT2D eigenvalue weighted by atomic mass is 10.1. The maximum absolute atomic E-state index is 12.5. The molecule has 3 aromatic heterocycles. The van der Waals surface area contributed by atoms with Crippen LogP contribution < -0.4 is 0 Å². The monoisotopic (exact) mass is 328 g/mol. The van der Waals surface area contributed by atoms with Gasteiger partial charge in [-0.1, -0.05) is 6.07 Å². The van der Waals surface area contributed by atoms with E-state index in [1.54, 1.807) is 42.9 Å². The number of carbonyl (C=O) groups is 2. The van der Waals surface area contributed by atoms with Crippen molar-refractivity contribution >= 4 is 23.1 Å². The smallest absolute Gasteiger partial charge is 0.357 e. The lowest BCUT2D eigenvalue weighted by Gasteiger charge is -2.08. The molecule has 0 spiro atoms. The van der Waals surface area contributed by atoms with Crippen LogP contribution in [0.3, 0.4) is 0 Å². The summed E-state index contributed by atoms with van der Waals surface area (Å²) in [6.45, 7) is 1.88. The van der Waals surface area contributed by atoms with E-state index >= 15 is 0 Å². The van der Waals surface area contributed by atoms with Crippen LogP contribution in [0.4, 0.5) is 0 Å². The number of thiophene rings is 1. The number of esters is 1. The van der Waals surface area contributed by atoms with E-state index in [0.29, 0.717) is 4.88 Å². The van der Waals surface area contributed by atoms with E-state index in [9.17, 15) is 9.59 Å². The number of carbonyl (C=O) groups excluding carboxylic acids is 2. The number of rotatable bonds is 5. The fraction of sp³-hybridized carbons (Fsp3) is 0.133. The topological polar surface area (TPSA) is 87.0 Å². The maximum atomic E-state index is 12.5. The minimum absolute atomic E-state index is 0.0641. The molecule has 8 heteroatoms. The van der Waals surface area contributed by atoms with Crippen LogP contribution in [0.15, 0.2) is 42.2 Å². The molecule has 3 aromatic rings. The van der Waals surface area contributed by atoms with Crippen molar-refractivity contribution in [3.63, 3.8) is 0 Å². The van der Waals surface area contributed by atoms with Crippen molar-refractivity contribution in [2.75, 3.05) is 6.61 Å². The Kier molecular flexibility index (Phi) is 4.24. The number of nitrogens with zero attached hydrogens (tertiary/aromatic N) is 4. The van der Waals surface area contributed by atoms with E-state index in [-0.39, 0.29) is 29.6 Å². The Labute approximate surface area is 135 Å². The Bertz CT molecular complexity index is 829. The molecule has 116 valence electrons. The summed E-state index contributed by atoms with van der Waals surface area (Å²) in [5, 5.41) is 5.80. The van der Waals surface area contributed by atoms with Gasteiger partial charge in [0.2, 0.25) is 5.78 Å². The Hall–Kier alpha value is -2.87. The molecule has 0 N–H and O–H groups in total.